The van der Waals surface area contributed by atoms with Gasteiger partial charge in [0.2, 0.25) is 11.8 Å². The lowest BCUT2D eigenvalue weighted by atomic mass is 10.00. The fourth-order valence-electron chi connectivity index (χ4n) is 3.04. The molecule has 6 nitrogen and oxygen atoms in total. The first kappa shape index (κ1) is 20.2. The maximum Gasteiger partial charge on any atom is 0.245 e. The molecule has 0 spiro atoms. The van der Waals surface area contributed by atoms with Crippen LogP contribution in [-0.4, -0.2) is 62.1 Å². The Hall–Kier alpha value is -0.850. The molecule has 0 aromatic heterocycles. The molecule has 0 aliphatic carbocycles. The molecule has 2 heterocycles. The molecule has 0 bridgehead atoms. The van der Waals surface area contributed by atoms with E-state index in [4.69, 9.17) is 4.74 Å². The van der Waals surface area contributed by atoms with Crippen molar-refractivity contribution in [3.05, 3.63) is 0 Å². The van der Waals surface area contributed by atoms with Crippen LogP contribution < -0.4 is 10.6 Å². The molecular formula is C16H30ClN3O3. The summed E-state index contributed by atoms with van der Waals surface area (Å²) in [6.45, 7) is 8.41. The average molecular weight is 348 g/mol. The van der Waals surface area contributed by atoms with Gasteiger partial charge in [-0.05, 0) is 37.8 Å². The highest BCUT2D eigenvalue weighted by Crippen LogP contribution is 2.15. The molecule has 0 radical (unpaired) electrons. The number of morpholine rings is 1. The van der Waals surface area contributed by atoms with Gasteiger partial charge in [0.25, 0.3) is 0 Å². The van der Waals surface area contributed by atoms with E-state index in [0.29, 0.717) is 38.6 Å². The number of amides is 2. The van der Waals surface area contributed by atoms with Crippen molar-refractivity contribution < 1.29 is 14.3 Å². The second-order valence-corrected chi connectivity index (χ2v) is 6.62. The number of halogens is 1. The number of hydrogen-bond donors (Lipinski definition) is 2. The van der Waals surface area contributed by atoms with Crippen LogP contribution in [0.5, 0.6) is 0 Å². The lowest BCUT2D eigenvalue weighted by Gasteiger charge is -2.32. The van der Waals surface area contributed by atoms with E-state index in [-0.39, 0.29) is 30.1 Å². The fraction of sp³-hybridized carbons (Fsp3) is 0.875. The summed E-state index contributed by atoms with van der Waals surface area (Å²) in [5.74, 6) is 0.701. The molecule has 23 heavy (non-hydrogen) atoms. The Balaban J connectivity index is 0.00000264. The summed E-state index contributed by atoms with van der Waals surface area (Å²) in [6, 6.07) is -0.424. The maximum absolute atomic E-state index is 12.6. The van der Waals surface area contributed by atoms with E-state index in [1.54, 1.807) is 4.90 Å². The molecule has 0 saturated carbocycles. The van der Waals surface area contributed by atoms with E-state index in [0.717, 1.165) is 25.9 Å². The summed E-state index contributed by atoms with van der Waals surface area (Å²) in [5.41, 5.74) is 0. The van der Waals surface area contributed by atoms with E-state index in [1.165, 1.54) is 0 Å². The first-order valence-electron chi connectivity index (χ1n) is 8.44. The third-order valence-electron chi connectivity index (χ3n) is 4.51. The Morgan fingerprint density at radius 3 is 2.57 bits per heavy atom. The average Bonchev–Trinajstić information content (AvgIpc) is 3.04. The van der Waals surface area contributed by atoms with Crippen molar-refractivity contribution in [1.82, 2.24) is 15.5 Å². The van der Waals surface area contributed by atoms with Crippen LogP contribution in [-0.2, 0) is 14.3 Å². The van der Waals surface area contributed by atoms with Gasteiger partial charge in [0.15, 0.2) is 0 Å². The molecule has 2 rings (SSSR count). The molecule has 2 amide bonds. The van der Waals surface area contributed by atoms with Crippen LogP contribution >= 0.6 is 12.4 Å². The zero-order valence-electron chi connectivity index (χ0n) is 14.2. The summed E-state index contributed by atoms with van der Waals surface area (Å²) in [5, 5.41) is 6.26. The Morgan fingerprint density at radius 2 is 2.00 bits per heavy atom. The van der Waals surface area contributed by atoms with Crippen molar-refractivity contribution >= 4 is 24.2 Å². The van der Waals surface area contributed by atoms with Gasteiger partial charge in [-0.3, -0.25) is 9.59 Å². The van der Waals surface area contributed by atoms with Crippen molar-refractivity contribution in [2.75, 3.05) is 39.4 Å². The topological polar surface area (TPSA) is 70.7 Å². The minimum atomic E-state index is -0.424. The van der Waals surface area contributed by atoms with Crippen LogP contribution in [0, 0.1) is 11.8 Å². The van der Waals surface area contributed by atoms with Gasteiger partial charge in [-0.1, -0.05) is 13.8 Å². The molecule has 2 N–H and O–H groups in total. The van der Waals surface area contributed by atoms with Crippen molar-refractivity contribution in [2.24, 2.45) is 11.8 Å². The normalized spacial score (nSPS) is 22.6. The van der Waals surface area contributed by atoms with Crippen LogP contribution in [0.4, 0.5) is 0 Å². The monoisotopic (exact) mass is 347 g/mol. The second kappa shape index (κ2) is 10.1. The van der Waals surface area contributed by atoms with Gasteiger partial charge in [-0.15, -0.1) is 12.4 Å². The maximum atomic E-state index is 12.6. The number of carbonyl (C=O) groups excluding carboxylic acids is 2. The number of nitrogens with zero attached hydrogens (tertiary/aromatic N) is 1. The van der Waals surface area contributed by atoms with Crippen molar-refractivity contribution in [2.45, 2.75) is 39.2 Å². The van der Waals surface area contributed by atoms with Gasteiger partial charge in [0, 0.05) is 19.5 Å². The molecule has 2 atom stereocenters. The molecule has 2 saturated heterocycles. The van der Waals surface area contributed by atoms with Crippen LogP contribution in [0.3, 0.4) is 0 Å². The number of carbonyl (C=O) groups is 2. The van der Waals surface area contributed by atoms with Crippen molar-refractivity contribution in [3.63, 3.8) is 0 Å². The van der Waals surface area contributed by atoms with E-state index in [1.807, 2.05) is 13.8 Å². The highest BCUT2D eigenvalue weighted by Gasteiger charge is 2.29. The van der Waals surface area contributed by atoms with Gasteiger partial charge in [0.05, 0.1) is 13.2 Å². The van der Waals surface area contributed by atoms with Gasteiger partial charge < -0.3 is 20.3 Å². The smallest absolute Gasteiger partial charge is 0.245 e. The second-order valence-electron chi connectivity index (χ2n) is 6.62. The predicted molar refractivity (Wildman–Crippen MR) is 91.6 cm³/mol. The van der Waals surface area contributed by atoms with Crippen LogP contribution in [0.2, 0.25) is 0 Å². The van der Waals surface area contributed by atoms with E-state index in [9.17, 15) is 9.59 Å². The first-order valence-corrected chi connectivity index (χ1v) is 8.44. The van der Waals surface area contributed by atoms with Crippen molar-refractivity contribution in [1.29, 1.82) is 0 Å². The Labute approximate surface area is 145 Å². The van der Waals surface area contributed by atoms with E-state index < -0.39 is 6.04 Å². The molecule has 2 aliphatic rings. The van der Waals surface area contributed by atoms with Gasteiger partial charge in [-0.25, -0.2) is 0 Å². The summed E-state index contributed by atoms with van der Waals surface area (Å²) in [6.07, 6.45) is 2.55. The summed E-state index contributed by atoms with van der Waals surface area (Å²) in [4.78, 5) is 26.6. The number of ether oxygens (including phenoxy) is 1. The molecule has 2 aliphatic heterocycles. The molecule has 7 heteroatoms. The SMILES string of the molecule is CC(C)C(NC(=O)CCC1CCNC1)C(=O)N1CCOCC1.Cl. The number of hydrogen-bond acceptors (Lipinski definition) is 4. The largest absolute Gasteiger partial charge is 0.378 e. The van der Waals surface area contributed by atoms with Gasteiger partial charge in [-0.2, -0.15) is 0 Å². The minimum Gasteiger partial charge on any atom is -0.378 e. The quantitative estimate of drug-likeness (QED) is 0.745. The molecular weight excluding hydrogens is 318 g/mol. The summed E-state index contributed by atoms with van der Waals surface area (Å²) < 4.78 is 5.28. The fourth-order valence-corrected chi connectivity index (χ4v) is 3.04. The molecule has 0 aromatic rings. The molecule has 134 valence electrons. The third kappa shape index (κ3) is 6.28. The Bertz CT molecular complexity index is 381. The number of rotatable bonds is 6. The van der Waals surface area contributed by atoms with Crippen LogP contribution in [0.15, 0.2) is 0 Å². The van der Waals surface area contributed by atoms with Gasteiger partial charge in [0.1, 0.15) is 6.04 Å². The first-order chi connectivity index (χ1) is 10.6. The highest BCUT2D eigenvalue weighted by atomic mass is 35.5. The zero-order valence-corrected chi connectivity index (χ0v) is 15.0. The van der Waals surface area contributed by atoms with Crippen LogP contribution in [0.25, 0.3) is 0 Å². The standard InChI is InChI=1S/C16H29N3O3.ClH/c1-12(2)15(16(21)19-7-9-22-10-8-19)18-14(20)4-3-13-5-6-17-11-13;/h12-13,15,17H,3-11H2,1-2H3,(H,18,20);1H. The Morgan fingerprint density at radius 1 is 1.30 bits per heavy atom. The van der Waals surface area contributed by atoms with E-state index >= 15 is 0 Å². The molecule has 0 aromatic carbocycles. The zero-order chi connectivity index (χ0) is 15.9. The minimum absolute atomic E-state index is 0. The molecule has 2 fully saturated rings. The Kier molecular flexibility index (Phi) is 8.87. The summed E-state index contributed by atoms with van der Waals surface area (Å²) >= 11 is 0. The lowest BCUT2D eigenvalue weighted by molar-refractivity contribution is -0.141. The lowest BCUT2D eigenvalue weighted by Crippen LogP contribution is -2.53. The highest BCUT2D eigenvalue weighted by molar-refractivity contribution is 5.88. The van der Waals surface area contributed by atoms with Crippen molar-refractivity contribution in [3.8, 4) is 0 Å². The van der Waals surface area contributed by atoms with Crippen LogP contribution in [0.1, 0.15) is 33.1 Å². The number of nitrogens with one attached hydrogen (secondary N) is 2. The van der Waals surface area contributed by atoms with Gasteiger partial charge >= 0.3 is 0 Å². The molecule has 2 unspecified atom stereocenters. The van der Waals surface area contributed by atoms with E-state index in [2.05, 4.69) is 10.6 Å². The summed E-state index contributed by atoms with van der Waals surface area (Å²) in [7, 11) is 0. The third-order valence-corrected chi connectivity index (χ3v) is 4.51. The predicted octanol–water partition coefficient (Wildman–Crippen LogP) is 0.798.